The molecule has 6 nitrogen and oxygen atoms in total. The van der Waals surface area contributed by atoms with Crippen molar-refractivity contribution in [1.29, 1.82) is 0 Å². The number of hydrogen-bond acceptors (Lipinski definition) is 4. The van der Waals surface area contributed by atoms with E-state index in [0.29, 0.717) is 6.61 Å². The molecule has 3 heterocycles. The van der Waals surface area contributed by atoms with Crippen molar-refractivity contribution in [2.24, 2.45) is 0 Å². The standard InChI is InChI=1S/C13H19N3O3/c17-13(15-19-12-6-1-2-9-18-12)11-5-3-4-10-7-8-14-16(10)11/h7-8,11-12H,1-6,9H2,(H,15,17). The van der Waals surface area contributed by atoms with Crippen LogP contribution in [0.1, 0.15) is 43.8 Å². The van der Waals surface area contributed by atoms with Gasteiger partial charge in [-0.15, -0.1) is 0 Å². The summed E-state index contributed by atoms with van der Waals surface area (Å²) in [4.78, 5) is 17.5. The first-order valence-electron chi connectivity index (χ1n) is 6.94. The van der Waals surface area contributed by atoms with Crippen molar-refractivity contribution in [3.63, 3.8) is 0 Å². The number of hydroxylamine groups is 1. The number of fused-ring (bicyclic) bond motifs is 1. The minimum atomic E-state index is -0.307. The molecular formula is C13H19N3O3. The number of ether oxygens (including phenoxy) is 1. The lowest BCUT2D eigenvalue weighted by Crippen LogP contribution is -2.39. The fraction of sp³-hybridized carbons (Fsp3) is 0.692. The van der Waals surface area contributed by atoms with Crippen molar-refractivity contribution in [3.05, 3.63) is 18.0 Å². The highest BCUT2D eigenvalue weighted by Gasteiger charge is 2.27. The summed E-state index contributed by atoms with van der Waals surface area (Å²) in [5, 5.41) is 4.22. The van der Waals surface area contributed by atoms with E-state index in [-0.39, 0.29) is 18.2 Å². The highest BCUT2D eigenvalue weighted by molar-refractivity contribution is 5.79. The zero-order valence-electron chi connectivity index (χ0n) is 10.9. The Kier molecular flexibility index (Phi) is 3.79. The fourth-order valence-corrected chi connectivity index (χ4v) is 2.66. The van der Waals surface area contributed by atoms with E-state index in [9.17, 15) is 4.79 Å². The molecule has 2 aliphatic heterocycles. The SMILES string of the molecule is O=C(NOC1CCCCO1)C1CCCc2ccnn21. The van der Waals surface area contributed by atoms with Gasteiger partial charge in [-0.25, -0.2) is 10.3 Å². The van der Waals surface area contributed by atoms with Crippen LogP contribution in [0, 0.1) is 0 Å². The molecule has 1 fully saturated rings. The van der Waals surface area contributed by atoms with Crippen LogP contribution >= 0.6 is 0 Å². The molecule has 6 heteroatoms. The van der Waals surface area contributed by atoms with Gasteiger partial charge in [-0.05, 0) is 38.2 Å². The topological polar surface area (TPSA) is 65.4 Å². The Hall–Kier alpha value is -1.40. The summed E-state index contributed by atoms with van der Waals surface area (Å²) < 4.78 is 7.21. The van der Waals surface area contributed by atoms with Crippen LogP contribution in [0.25, 0.3) is 0 Å². The Morgan fingerprint density at radius 3 is 3.21 bits per heavy atom. The molecule has 0 spiro atoms. The maximum atomic E-state index is 12.1. The van der Waals surface area contributed by atoms with Crippen molar-refractivity contribution < 1.29 is 14.4 Å². The second-order valence-electron chi connectivity index (χ2n) is 5.06. The number of amides is 1. The van der Waals surface area contributed by atoms with E-state index in [1.54, 1.807) is 10.9 Å². The first kappa shape index (κ1) is 12.6. The Morgan fingerprint density at radius 2 is 2.37 bits per heavy atom. The highest BCUT2D eigenvalue weighted by Crippen LogP contribution is 2.24. The van der Waals surface area contributed by atoms with E-state index in [1.165, 1.54) is 0 Å². The first-order valence-corrected chi connectivity index (χ1v) is 6.94. The van der Waals surface area contributed by atoms with Gasteiger partial charge >= 0.3 is 0 Å². The van der Waals surface area contributed by atoms with Gasteiger partial charge in [-0.1, -0.05) is 0 Å². The van der Waals surface area contributed by atoms with E-state index in [2.05, 4.69) is 10.6 Å². The molecule has 0 aliphatic carbocycles. The molecule has 2 atom stereocenters. The molecule has 2 aliphatic rings. The second kappa shape index (κ2) is 5.71. The quantitative estimate of drug-likeness (QED) is 0.837. The first-order chi connectivity index (χ1) is 9.34. The zero-order valence-corrected chi connectivity index (χ0v) is 10.9. The Labute approximate surface area is 112 Å². The third-order valence-electron chi connectivity index (χ3n) is 3.69. The van der Waals surface area contributed by atoms with Crippen molar-refractivity contribution in [1.82, 2.24) is 15.3 Å². The number of aryl methyl sites for hydroxylation is 1. The molecule has 3 rings (SSSR count). The van der Waals surface area contributed by atoms with Gasteiger partial charge in [0.15, 0.2) is 6.29 Å². The van der Waals surface area contributed by atoms with Crippen molar-refractivity contribution in [2.75, 3.05) is 6.61 Å². The largest absolute Gasteiger partial charge is 0.350 e. The summed E-state index contributed by atoms with van der Waals surface area (Å²) in [6, 6.07) is 1.70. The van der Waals surface area contributed by atoms with Crippen LogP contribution in [0.5, 0.6) is 0 Å². The average Bonchev–Trinajstić information content (AvgIpc) is 2.94. The summed E-state index contributed by atoms with van der Waals surface area (Å²) in [6.45, 7) is 0.702. The van der Waals surface area contributed by atoms with Gasteiger partial charge < -0.3 is 4.74 Å². The number of aromatic nitrogens is 2. The lowest BCUT2D eigenvalue weighted by Gasteiger charge is -2.26. The Bertz CT molecular complexity index is 440. The minimum Gasteiger partial charge on any atom is -0.350 e. The van der Waals surface area contributed by atoms with E-state index >= 15 is 0 Å². The molecule has 2 unspecified atom stereocenters. The fourth-order valence-electron chi connectivity index (χ4n) is 2.66. The number of rotatable bonds is 3. The van der Waals surface area contributed by atoms with Gasteiger partial charge in [-0.3, -0.25) is 9.48 Å². The molecule has 0 radical (unpaired) electrons. The monoisotopic (exact) mass is 265 g/mol. The van der Waals surface area contributed by atoms with Crippen LogP contribution in [0.4, 0.5) is 0 Å². The summed E-state index contributed by atoms with van der Waals surface area (Å²) in [5.74, 6) is -0.140. The van der Waals surface area contributed by atoms with Crippen molar-refractivity contribution >= 4 is 5.91 Å². The summed E-state index contributed by atoms with van der Waals surface area (Å²) in [7, 11) is 0. The number of hydrogen-bond donors (Lipinski definition) is 1. The van der Waals surface area contributed by atoms with Crippen LogP contribution in [0.3, 0.4) is 0 Å². The second-order valence-corrected chi connectivity index (χ2v) is 5.06. The maximum absolute atomic E-state index is 12.1. The van der Waals surface area contributed by atoms with Crippen LogP contribution < -0.4 is 5.48 Å². The third kappa shape index (κ3) is 2.79. The van der Waals surface area contributed by atoms with Gasteiger partial charge in [0.1, 0.15) is 6.04 Å². The van der Waals surface area contributed by atoms with E-state index in [0.717, 1.165) is 44.2 Å². The Morgan fingerprint density at radius 1 is 1.42 bits per heavy atom. The molecular weight excluding hydrogens is 246 g/mol. The number of nitrogens with one attached hydrogen (secondary N) is 1. The minimum absolute atomic E-state index is 0.140. The van der Waals surface area contributed by atoms with Crippen LogP contribution in [0.2, 0.25) is 0 Å². The Balaban J connectivity index is 1.56. The summed E-state index contributed by atoms with van der Waals surface area (Å²) >= 11 is 0. The normalized spacial score (nSPS) is 26.7. The maximum Gasteiger partial charge on any atom is 0.268 e. The number of carbonyl (C=O) groups is 1. The molecule has 0 aromatic carbocycles. The van der Waals surface area contributed by atoms with Gasteiger partial charge in [0.2, 0.25) is 0 Å². The van der Waals surface area contributed by atoms with E-state index in [1.807, 2.05) is 6.07 Å². The number of carbonyl (C=O) groups excluding carboxylic acids is 1. The number of nitrogens with zero attached hydrogens (tertiary/aromatic N) is 2. The summed E-state index contributed by atoms with van der Waals surface area (Å²) in [5.41, 5.74) is 3.64. The molecule has 1 saturated heterocycles. The molecule has 1 aromatic rings. The summed E-state index contributed by atoms with van der Waals surface area (Å²) in [6.07, 6.45) is 7.19. The highest BCUT2D eigenvalue weighted by atomic mass is 16.8. The smallest absolute Gasteiger partial charge is 0.268 e. The van der Waals surface area contributed by atoms with Crippen molar-refractivity contribution in [2.45, 2.75) is 50.9 Å². The van der Waals surface area contributed by atoms with Gasteiger partial charge in [0, 0.05) is 24.9 Å². The van der Waals surface area contributed by atoms with E-state index < -0.39 is 0 Å². The molecule has 1 amide bonds. The van der Waals surface area contributed by atoms with Gasteiger partial charge in [0.05, 0.1) is 0 Å². The lowest BCUT2D eigenvalue weighted by atomic mass is 10.0. The zero-order chi connectivity index (χ0) is 13.1. The third-order valence-corrected chi connectivity index (χ3v) is 3.69. The molecule has 1 N–H and O–H groups in total. The predicted octanol–water partition coefficient (Wildman–Crippen LogP) is 1.33. The van der Waals surface area contributed by atoms with Crippen molar-refractivity contribution in [3.8, 4) is 0 Å². The van der Waals surface area contributed by atoms with Crippen LogP contribution in [-0.2, 0) is 20.8 Å². The van der Waals surface area contributed by atoms with Crippen LogP contribution in [0.15, 0.2) is 12.3 Å². The average molecular weight is 265 g/mol. The lowest BCUT2D eigenvalue weighted by molar-refractivity contribution is -0.202. The molecule has 104 valence electrons. The van der Waals surface area contributed by atoms with Gasteiger partial charge in [0.25, 0.3) is 5.91 Å². The predicted molar refractivity (Wildman–Crippen MR) is 67.0 cm³/mol. The molecule has 0 bridgehead atoms. The molecule has 1 aromatic heterocycles. The molecule has 19 heavy (non-hydrogen) atoms. The van der Waals surface area contributed by atoms with E-state index in [4.69, 9.17) is 9.57 Å². The van der Waals surface area contributed by atoms with Gasteiger partial charge in [-0.2, -0.15) is 5.10 Å². The van der Waals surface area contributed by atoms with Crippen LogP contribution in [-0.4, -0.2) is 28.6 Å². The molecule has 0 saturated carbocycles.